The molecule has 3 rings (SSSR count). The summed E-state index contributed by atoms with van der Waals surface area (Å²) in [4.78, 5) is 29.3. The number of non-ortho nitro benzene ring substituents is 1. The third kappa shape index (κ3) is 3.41. The molecule has 0 bridgehead atoms. The fourth-order valence-corrected chi connectivity index (χ4v) is 2.08. The monoisotopic (exact) mass is 308 g/mol. The van der Waals surface area contributed by atoms with Crippen molar-refractivity contribution in [2.45, 2.75) is 0 Å². The molecule has 0 saturated heterocycles. The zero-order valence-electron chi connectivity index (χ0n) is 11.9. The first-order valence-electron chi connectivity index (χ1n) is 6.80. The Morgan fingerprint density at radius 3 is 2.83 bits per heavy atom. The van der Waals surface area contributed by atoms with Crippen LogP contribution in [0.4, 0.5) is 11.6 Å². The fourth-order valence-electron chi connectivity index (χ4n) is 2.08. The number of nitrogens with one attached hydrogen (secondary N) is 2. The van der Waals surface area contributed by atoms with Crippen LogP contribution in [-0.2, 0) is 4.79 Å². The number of rotatable bonds is 4. The van der Waals surface area contributed by atoms with Crippen LogP contribution in [0.1, 0.15) is 5.56 Å². The maximum atomic E-state index is 11.9. The highest BCUT2D eigenvalue weighted by atomic mass is 16.6. The van der Waals surface area contributed by atoms with Gasteiger partial charge in [-0.2, -0.15) is 0 Å². The van der Waals surface area contributed by atoms with Gasteiger partial charge in [-0.25, -0.2) is 4.98 Å². The third-order valence-electron chi connectivity index (χ3n) is 3.14. The molecule has 1 aromatic heterocycles. The average Bonchev–Trinajstić information content (AvgIpc) is 2.95. The number of amides is 1. The molecular weight excluding hydrogens is 296 g/mol. The first-order valence-corrected chi connectivity index (χ1v) is 6.80. The van der Waals surface area contributed by atoms with Crippen molar-refractivity contribution >= 4 is 34.7 Å². The number of para-hydroxylation sites is 2. The first kappa shape index (κ1) is 14.5. The molecule has 0 saturated carbocycles. The van der Waals surface area contributed by atoms with Gasteiger partial charge >= 0.3 is 0 Å². The van der Waals surface area contributed by atoms with E-state index < -0.39 is 4.92 Å². The van der Waals surface area contributed by atoms with Crippen molar-refractivity contribution in [2.24, 2.45) is 0 Å². The van der Waals surface area contributed by atoms with Crippen molar-refractivity contribution in [2.75, 3.05) is 5.32 Å². The Kier molecular flexibility index (Phi) is 3.84. The second-order valence-corrected chi connectivity index (χ2v) is 4.78. The summed E-state index contributed by atoms with van der Waals surface area (Å²) in [6.07, 6.45) is 2.80. The normalized spacial score (nSPS) is 11.0. The lowest BCUT2D eigenvalue weighted by Crippen LogP contribution is -2.08. The minimum Gasteiger partial charge on any atom is -0.324 e. The van der Waals surface area contributed by atoms with Crippen LogP contribution in [0.15, 0.2) is 54.6 Å². The quantitative estimate of drug-likeness (QED) is 0.439. The fraction of sp³-hybridized carbons (Fsp3) is 0. The van der Waals surface area contributed by atoms with E-state index in [1.807, 2.05) is 24.3 Å². The maximum absolute atomic E-state index is 11.9. The number of nitrogens with zero attached hydrogens (tertiary/aromatic N) is 2. The summed E-state index contributed by atoms with van der Waals surface area (Å²) in [6.45, 7) is 0. The molecule has 2 aromatic carbocycles. The summed E-state index contributed by atoms with van der Waals surface area (Å²) in [5, 5.41) is 13.3. The lowest BCUT2D eigenvalue weighted by atomic mass is 10.2. The number of hydrogen-bond acceptors (Lipinski definition) is 4. The van der Waals surface area contributed by atoms with Gasteiger partial charge in [0.05, 0.1) is 16.0 Å². The summed E-state index contributed by atoms with van der Waals surface area (Å²) in [6, 6.07) is 13.5. The molecule has 2 N–H and O–H groups in total. The molecule has 3 aromatic rings. The van der Waals surface area contributed by atoms with Crippen LogP contribution in [0, 0.1) is 10.1 Å². The summed E-state index contributed by atoms with van der Waals surface area (Å²) < 4.78 is 0. The van der Waals surface area contributed by atoms with Gasteiger partial charge < -0.3 is 4.98 Å². The Labute approximate surface area is 130 Å². The van der Waals surface area contributed by atoms with Gasteiger partial charge in [0.25, 0.3) is 11.6 Å². The molecule has 7 heteroatoms. The molecule has 0 radical (unpaired) electrons. The number of aromatic nitrogens is 2. The molecule has 0 aliphatic rings. The Balaban J connectivity index is 1.71. The predicted molar refractivity (Wildman–Crippen MR) is 86.9 cm³/mol. The number of carbonyl (C=O) groups is 1. The number of aromatic amines is 1. The van der Waals surface area contributed by atoms with E-state index in [2.05, 4.69) is 15.3 Å². The van der Waals surface area contributed by atoms with E-state index in [4.69, 9.17) is 0 Å². The third-order valence-corrected chi connectivity index (χ3v) is 3.14. The van der Waals surface area contributed by atoms with E-state index in [1.165, 1.54) is 24.3 Å². The second-order valence-electron chi connectivity index (χ2n) is 4.78. The van der Waals surface area contributed by atoms with Gasteiger partial charge in [-0.1, -0.05) is 24.3 Å². The van der Waals surface area contributed by atoms with Crippen molar-refractivity contribution in [1.82, 2.24) is 9.97 Å². The summed E-state index contributed by atoms with van der Waals surface area (Å²) in [5.41, 5.74) is 2.12. The van der Waals surface area contributed by atoms with Crippen molar-refractivity contribution < 1.29 is 9.72 Å². The molecule has 0 fully saturated rings. The second kappa shape index (κ2) is 6.10. The molecule has 1 heterocycles. The van der Waals surface area contributed by atoms with Gasteiger partial charge in [0, 0.05) is 18.2 Å². The highest BCUT2D eigenvalue weighted by Gasteiger charge is 2.06. The Morgan fingerprint density at radius 2 is 2.04 bits per heavy atom. The molecule has 0 atom stereocenters. The molecular formula is C16H12N4O3. The zero-order valence-corrected chi connectivity index (χ0v) is 11.9. The molecule has 0 unspecified atom stereocenters. The van der Waals surface area contributed by atoms with Crippen LogP contribution in [0.2, 0.25) is 0 Å². The minimum absolute atomic E-state index is 0.0233. The van der Waals surface area contributed by atoms with E-state index >= 15 is 0 Å². The zero-order chi connectivity index (χ0) is 16.2. The lowest BCUT2D eigenvalue weighted by molar-refractivity contribution is -0.384. The number of imidazole rings is 1. The lowest BCUT2D eigenvalue weighted by Gasteiger charge is -1.97. The minimum atomic E-state index is -0.480. The smallest absolute Gasteiger partial charge is 0.270 e. The predicted octanol–water partition coefficient (Wildman–Crippen LogP) is 3.12. The van der Waals surface area contributed by atoms with E-state index in [9.17, 15) is 14.9 Å². The molecule has 0 aliphatic heterocycles. The van der Waals surface area contributed by atoms with Gasteiger partial charge in [0.15, 0.2) is 0 Å². The summed E-state index contributed by atoms with van der Waals surface area (Å²) in [7, 11) is 0. The topological polar surface area (TPSA) is 101 Å². The Morgan fingerprint density at radius 1 is 1.22 bits per heavy atom. The van der Waals surface area contributed by atoms with Gasteiger partial charge in [0.2, 0.25) is 5.95 Å². The number of anilines is 1. The molecule has 114 valence electrons. The van der Waals surface area contributed by atoms with Gasteiger partial charge in [-0.05, 0) is 23.8 Å². The first-order chi connectivity index (χ1) is 11.1. The van der Waals surface area contributed by atoms with Gasteiger partial charge in [-0.15, -0.1) is 0 Å². The van der Waals surface area contributed by atoms with Gasteiger partial charge in [0.1, 0.15) is 0 Å². The molecule has 7 nitrogen and oxygen atoms in total. The van der Waals surface area contributed by atoms with E-state index in [0.29, 0.717) is 11.5 Å². The van der Waals surface area contributed by atoms with Crippen LogP contribution < -0.4 is 5.32 Å². The maximum Gasteiger partial charge on any atom is 0.270 e. The number of carbonyl (C=O) groups excluding carboxylic acids is 1. The van der Waals surface area contributed by atoms with Crippen LogP contribution in [-0.4, -0.2) is 20.8 Å². The van der Waals surface area contributed by atoms with Crippen LogP contribution in [0.5, 0.6) is 0 Å². The molecule has 0 spiro atoms. The summed E-state index contributed by atoms with van der Waals surface area (Å²) in [5.74, 6) is -0.0320. The van der Waals surface area contributed by atoms with E-state index in [1.54, 1.807) is 12.1 Å². The molecule has 23 heavy (non-hydrogen) atoms. The van der Waals surface area contributed by atoms with Crippen LogP contribution in [0.25, 0.3) is 17.1 Å². The van der Waals surface area contributed by atoms with E-state index in [-0.39, 0.29) is 11.6 Å². The number of fused-ring (bicyclic) bond motifs is 1. The highest BCUT2D eigenvalue weighted by molar-refractivity contribution is 6.01. The molecule has 1 amide bonds. The Bertz CT molecular complexity index is 881. The van der Waals surface area contributed by atoms with Gasteiger partial charge in [-0.3, -0.25) is 20.2 Å². The van der Waals surface area contributed by atoms with Crippen molar-refractivity contribution in [1.29, 1.82) is 0 Å². The SMILES string of the molecule is O=C(/C=C/c1cccc([N+](=O)[O-])c1)Nc1nc2ccccc2[nH]1. The van der Waals surface area contributed by atoms with Crippen molar-refractivity contribution in [3.8, 4) is 0 Å². The van der Waals surface area contributed by atoms with Crippen molar-refractivity contribution in [3.05, 3.63) is 70.3 Å². The number of H-pyrrole nitrogens is 1. The number of hydrogen-bond donors (Lipinski definition) is 2. The van der Waals surface area contributed by atoms with Crippen LogP contribution in [0.3, 0.4) is 0 Å². The standard InChI is InChI=1S/C16H12N4O3/c21-15(9-8-11-4-3-5-12(10-11)20(22)23)19-16-17-13-6-1-2-7-14(13)18-16/h1-10H,(H2,17,18,19,21)/b9-8+. The highest BCUT2D eigenvalue weighted by Crippen LogP contribution is 2.15. The largest absolute Gasteiger partial charge is 0.324 e. The van der Waals surface area contributed by atoms with Crippen LogP contribution >= 0.6 is 0 Å². The summed E-state index contributed by atoms with van der Waals surface area (Å²) >= 11 is 0. The number of benzene rings is 2. The number of nitro groups is 1. The average molecular weight is 308 g/mol. The number of nitro benzene ring substituents is 1. The Hall–Kier alpha value is -3.48. The van der Waals surface area contributed by atoms with Crippen molar-refractivity contribution in [3.63, 3.8) is 0 Å². The van der Waals surface area contributed by atoms with E-state index in [0.717, 1.165) is 11.0 Å². The molecule has 0 aliphatic carbocycles.